The molecule has 4 aromatic rings. The summed E-state index contributed by atoms with van der Waals surface area (Å²) in [5.41, 5.74) is -0.433. The highest BCUT2D eigenvalue weighted by atomic mass is 19.3. The zero-order valence-corrected chi connectivity index (χ0v) is 19.8. The molecule has 190 valence electrons. The van der Waals surface area contributed by atoms with Gasteiger partial charge < -0.3 is 14.6 Å². The molecule has 1 N–H and O–H groups in total. The summed E-state index contributed by atoms with van der Waals surface area (Å²) >= 11 is 0. The second-order valence-corrected chi connectivity index (χ2v) is 8.15. The van der Waals surface area contributed by atoms with Gasteiger partial charge in [-0.15, -0.1) is 0 Å². The Labute approximate surface area is 203 Å². The Morgan fingerprint density at radius 1 is 1.11 bits per heavy atom. The summed E-state index contributed by atoms with van der Waals surface area (Å²) in [4.78, 5) is 38.9. The number of aliphatic hydroxyl groups excluding tert-OH is 1. The van der Waals surface area contributed by atoms with Gasteiger partial charge >= 0.3 is 17.8 Å². The number of alkyl halides is 2. The van der Waals surface area contributed by atoms with Crippen LogP contribution in [0.2, 0.25) is 0 Å². The van der Waals surface area contributed by atoms with Gasteiger partial charge in [-0.3, -0.25) is 18.5 Å². The minimum Gasteiger partial charge on any atom is -0.433 e. The number of hydrogen-bond acceptors (Lipinski definition) is 8. The molecule has 3 aromatic heterocycles. The van der Waals surface area contributed by atoms with E-state index in [2.05, 4.69) is 19.7 Å². The van der Waals surface area contributed by atoms with Gasteiger partial charge in [0.05, 0.1) is 6.54 Å². The van der Waals surface area contributed by atoms with Crippen molar-refractivity contribution < 1.29 is 23.4 Å². The van der Waals surface area contributed by atoms with Gasteiger partial charge in [-0.1, -0.05) is 6.07 Å². The number of halogens is 2. The molecule has 0 atom stereocenters. The molecular weight excluding hydrogens is 478 g/mol. The van der Waals surface area contributed by atoms with Crippen LogP contribution in [0.1, 0.15) is 24.7 Å². The molecule has 1 aromatic carbocycles. The van der Waals surface area contributed by atoms with E-state index in [0.29, 0.717) is 18.3 Å². The number of aromatic nitrogens is 6. The highest BCUT2D eigenvalue weighted by molar-refractivity contribution is 5.72. The fourth-order valence-electron chi connectivity index (χ4n) is 3.60. The van der Waals surface area contributed by atoms with Gasteiger partial charge in [0, 0.05) is 51.1 Å². The number of rotatable bonds is 9. The van der Waals surface area contributed by atoms with Gasteiger partial charge in [0.2, 0.25) is 0 Å². The van der Waals surface area contributed by atoms with E-state index in [1.54, 1.807) is 19.3 Å². The third-order valence-corrected chi connectivity index (χ3v) is 5.22. The van der Waals surface area contributed by atoms with Crippen molar-refractivity contribution in [2.75, 3.05) is 6.61 Å². The van der Waals surface area contributed by atoms with Crippen LogP contribution in [0.15, 0.2) is 46.2 Å². The first kappa shape index (κ1) is 25.0. The summed E-state index contributed by atoms with van der Waals surface area (Å²) in [5, 5.41) is 9.19. The molecule has 0 fully saturated rings. The predicted molar refractivity (Wildman–Crippen MR) is 125 cm³/mol. The van der Waals surface area contributed by atoms with Crippen molar-refractivity contribution >= 4 is 11.2 Å². The largest absolute Gasteiger partial charge is 0.433 e. The Morgan fingerprint density at radius 2 is 1.81 bits per heavy atom. The lowest BCUT2D eigenvalue weighted by atomic mass is 10.3. The molecule has 13 heteroatoms. The van der Waals surface area contributed by atoms with E-state index in [9.17, 15) is 23.5 Å². The molecule has 0 saturated heterocycles. The summed E-state index contributed by atoms with van der Waals surface area (Å²) in [6, 6.07) is 5.53. The number of hydrogen-bond donors (Lipinski definition) is 1. The maximum absolute atomic E-state index is 13.4. The summed E-state index contributed by atoms with van der Waals surface area (Å²) in [7, 11) is 1.47. The minimum atomic E-state index is -3.39. The summed E-state index contributed by atoms with van der Waals surface area (Å²) in [6.07, 6.45) is -0.0159. The average molecular weight is 502 g/mol. The fraction of sp³-hybridized carbons (Fsp3) is 0.348. The minimum absolute atomic E-state index is 0.0115. The smallest absolute Gasteiger partial charge is 0.394 e. The van der Waals surface area contributed by atoms with E-state index in [4.69, 9.17) is 4.74 Å². The average Bonchev–Trinajstić information content (AvgIpc) is 3.16. The molecule has 3 heterocycles. The number of ether oxygens (including phenoxy) is 2. The van der Waals surface area contributed by atoms with Crippen molar-refractivity contribution in [1.82, 2.24) is 28.7 Å². The predicted octanol–water partition coefficient (Wildman–Crippen LogP) is 2.21. The molecule has 4 rings (SSSR count). The van der Waals surface area contributed by atoms with Gasteiger partial charge in [-0.25, -0.2) is 14.8 Å². The quantitative estimate of drug-likeness (QED) is 0.369. The Bertz CT molecular complexity index is 1510. The molecule has 0 saturated carbocycles. The van der Waals surface area contributed by atoms with E-state index in [-0.39, 0.29) is 54.8 Å². The van der Waals surface area contributed by atoms with Crippen LogP contribution in [0.4, 0.5) is 8.78 Å². The second-order valence-electron chi connectivity index (χ2n) is 8.15. The first-order valence-corrected chi connectivity index (χ1v) is 11.0. The third-order valence-electron chi connectivity index (χ3n) is 5.22. The monoisotopic (exact) mass is 502 g/mol. The summed E-state index contributed by atoms with van der Waals surface area (Å²) in [6.45, 7) is 2.24. The van der Waals surface area contributed by atoms with Crippen LogP contribution in [0.25, 0.3) is 11.2 Å². The number of nitrogens with zero attached hydrogens (tertiary/aromatic N) is 6. The summed E-state index contributed by atoms with van der Waals surface area (Å²) < 4.78 is 40.8. The van der Waals surface area contributed by atoms with Crippen LogP contribution in [-0.4, -0.2) is 46.5 Å². The van der Waals surface area contributed by atoms with Crippen LogP contribution in [0, 0.1) is 6.92 Å². The Balaban J connectivity index is 1.87. The van der Waals surface area contributed by atoms with E-state index in [0.717, 1.165) is 4.57 Å². The topological polar surface area (TPSA) is 126 Å². The third kappa shape index (κ3) is 5.25. The number of aryl methyl sites for hydroxylation is 2. The fourth-order valence-corrected chi connectivity index (χ4v) is 3.60. The molecule has 36 heavy (non-hydrogen) atoms. The number of fused-ring (bicyclic) bond motifs is 1. The van der Waals surface area contributed by atoms with Crippen LogP contribution in [0.5, 0.6) is 17.5 Å². The van der Waals surface area contributed by atoms with E-state index < -0.39 is 17.4 Å². The number of imidazole rings is 1. The molecule has 0 aliphatic heterocycles. The number of aliphatic hydroxyl groups is 1. The number of benzene rings is 1. The standard InChI is InChI=1S/C23H24F2N6O5/c1-14-26-11-15(12-27-14)13-31-18-19(29(3)22(34)30(20(18)33)8-5-9-32)28-21(31)35-16-6-4-7-17(10-16)36-23(2,24)25/h4,6-7,10-12,32H,5,8-9,13H2,1-3H3. The normalized spacial score (nSPS) is 11.7. The Kier molecular flexibility index (Phi) is 6.84. The molecule has 0 spiro atoms. The summed E-state index contributed by atoms with van der Waals surface area (Å²) in [5.74, 6) is 0.552. The molecule has 11 nitrogen and oxygen atoms in total. The van der Waals surface area contributed by atoms with Crippen LogP contribution >= 0.6 is 0 Å². The van der Waals surface area contributed by atoms with Crippen molar-refractivity contribution in [3.63, 3.8) is 0 Å². The molecule has 0 radical (unpaired) electrons. The first-order chi connectivity index (χ1) is 17.1. The molecule has 0 unspecified atom stereocenters. The molecule has 0 aliphatic rings. The van der Waals surface area contributed by atoms with Gasteiger partial charge in [-0.2, -0.15) is 13.8 Å². The zero-order chi connectivity index (χ0) is 26.0. The van der Waals surface area contributed by atoms with Crippen molar-refractivity contribution in [3.05, 3.63) is 68.9 Å². The van der Waals surface area contributed by atoms with Gasteiger partial charge in [0.25, 0.3) is 5.56 Å². The Hall–Kier alpha value is -4.13. The van der Waals surface area contributed by atoms with Gasteiger partial charge in [-0.05, 0) is 25.5 Å². The lowest BCUT2D eigenvalue weighted by molar-refractivity contribution is -0.159. The van der Waals surface area contributed by atoms with Gasteiger partial charge in [0.1, 0.15) is 17.3 Å². The molecule has 0 amide bonds. The Morgan fingerprint density at radius 3 is 2.47 bits per heavy atom. The SMILES string of the molecule is Cc1ncc(Cn2c(Oc3cccc(OC(C)(F)F)c3)nc3c2c(=O)n(CCCO)c(=O)n3C)cn1. The van der Waals surface area contributed by atoms with Crippen LogP contribution in [0.3, 0.4) is 0 Å². The molecule has 0 bridgehead atoms. The first-order valence-electron chi connectivity index (χ1n) is 11.0. The van der Waals surface area contributed by atoms with Crippen molar-refractivity contribution in [3.8, 4) is 17.5 Å². The highest BCUT2D eigenvalue weighted by Gasteiger charge is 2.24. The van der Waals surface area contributed by atoms with Crippen LogP contribution < -0.4 is 20.7 Å². The van der Waals surface area contributed by atoms with E-state index in [1.165, 1.54) is 40.4 Å². The van der Waals surface area contributed by atoms with Crippen molar-refractivity contribution in [2.45, 2.75) is 39.5 Å². The van der Waals surface area contributed by atoms with Crippen molar-refractivity contribution in [2.24, 2.45) is 7.05 Å². The van der Waals surface area contributed by atoms with Crippen LogP contribution in [-0.2, 0) is 20.1 Å². The van der Waals surface area contributed by atoms with E-state index >= 15 is 0 Å². The second kappa shape index (κ2) is 9.85. The zero-order valence-electron chi connectivity index (χ0n) is 19.8. The maximum Gasteiger partial charge on any atom is 0.394 e. The van der Waals surface area contributed by atoms with Crippen molar-refractivity contribution in [1.29, 1.82) is 0 Å². The van der Waals surface area contributed by atoms with Gasteiger partial charge in [0.15, 0.2) is 11.2 Å². The molecule has 0 aliphatic carbocycles. The molecular formula is C23H24F2N6O5. The van der Waals surface area contributed by atoms with E-state index in [1.807, 2.05) is 0 Å². The highest BCUT2D eigenvalue weighted by Crippen LogP contribution is 2.29. The lowest BCUT2D eigenvalue weighted by Crippen LogP contribution is -2.39. The lowest BCUT2D eigenvalue weighted by Gasteiger charge is -2.14. The maximum atomic E-state index is 13.4.